The van der Waals surface area contributed by atoms with E-state index in [4.69, 9.17) is 0 Å². The van der Waals surface area contributed by atoms with E-state index in [-0.39, 0.29) is 75.8 Å². The number of carbonyl (C=O) groups excluding carboxylic acids is 4. The third-order valence-electron chi connectivity index (χ3n) is 0.711. The molecule has 0 aliphatic heterocycles. The molecule has 2 radical (unpaired) electrons. The predicted octanol–water partition coefficient (Wildman–Crippen LogP) is -9.29. The van der Waals surface area contributed by atoms with Crippen molar-refractivity contribution in [1.29, 1.82) is 0 Å². The van der Waals surface area contributed by atoms with Crippen LogP contribution in [0.25, 0.3) is 0 Å². The van der Waals surface area contributed by atoms with Crippen molar-refractivity contribution in [3.8, 4) is 0 Å². The maximum atomic E-state index is 9.41. The molecule has 0 rings (SSSR count). The van der Waals surface area contributed by atoms with Crippen LogP contribution in [0.5, 0.6) is 0 Å². The first-order valence-corrected chi connectivity index (χ1v) is 3.45. The number of carboxylic acid groups (broad SMARTS) is 4. The fourth-order valence-corrected chi connectivity index (χ4v) is 0.272. The van der Waals surface area contributed by atoms with Crippen molar-refractivity contribution in [3.05, 3.63) is 24.3 Å². The van der Waals surface area contributed by atoms with Gasteiger partial charge in [-0.2, -0.15) is 0 Å². The average Bonchev–Trinajstić information content (AvgIpc) is 2.12. The summed E-state index contributed by atoms with van der Waals surface area (Å²) in [6, 6.07) is 0. The second kappa shape index (κ2) is 16.8. The molecule has 0 atom stereocenters. The first kappa shape index (κ1) is 26.4. The molecule has 0 N–H and O–H groups in total. The minimum absolute atomic E-state index is 0. The van der Waals surface area contributed by atoms with Crippen molar-refractivity contribution in [2.75, 3.05) is 0 Å². The van der Waals surface area contributed by atoms with Crippen LogP contribution in [0.3, 0.4) is 0 Å². The summed E-state index contributed by atoms with van der Waals surface area (Å²) in [5.41, 5.74) is 0. The quantitative estimate of drug-likeness (QED) is 0.338. The molecule has 10 heteroatoms. The van der Waals surface area contributed by atoms with Gasteiger partial charge in [-0.15, -0.1) is 0 Å². The van der Waals surface area contributed by atoms with Crippen LogP contribution in [0.4, 0.5) is 0 Å². The van der Waals surface area contributed by atoms with Crippen molar-refractivity contribution in [3.63, 3.8) is 0 Å². The van der Waals surface area contributed by atoms with E-state index in [1.54, 1.807) is 0 Å². The second-order valence-electron chi connectivity index (χ2n) is 1.94. The second-order valence-corrected chi connectivity index (χ2v) is 1.94. The molecule has 0 saturated carbocycles. The smallest absolute Gasteiger partial charge is 0.545 e. The molecule has 0 bridgehead atoms. The van der Waals surface area contributed by atoms with Crippen LogP contribution < -0.4 is 71.8 Å². The maximum absolute atomic E-state index is 9.41. The molecule has 0 spiro atoms. The molecule has 0 aromatic rings. The van der Waals surface area contributed by atoms with E-state index in [0.29, 0.717) is 24.3 Å². The van der Waals surface area contributed by atoms with Gasteiger partial charge in [-0.1, -0.05) is 0 Å². The number of aliphatic carboxylic acids is 4. The van der Waals surface area contributed by atoms with Gasteiger partial charge in [-0.25, -0.2) is 0 Å². The molecule has 0 saturated heterocycles. The number of carbonyl (C=O) groups is 4. The Morgan fingerprint density at radius 1 is 0.556 bits per heavy atom. The zero-order chi connectivity index (χ0) is 13.1. The van der Waals surface area contributed by atoms with Gasteiger partial charge in [-0.3, -0.25) is 0 Å². The SMILES string of the molecule is O=C([O-])/C=C\C(=O)[O-].O=C([O-])/C=C\C(=O)[O-].[K+].[Sb+3]. The van der Waals surface area contributed by atoms with Gasteiger partial charge < -0.3 is 39.6 Å². The first-order valence-electron chi connectivity index (χ1n) is 3.45. The number of hydrogen-bond donors (Lipinski definition) is 0. The topological polar surface area (TPSA) is 161 Å². The maximum Gasteiger partial charge on any atom is 3.00 e. The number of carboxylic acids is 4. The Bertz CT molecular complexity index is 283. The van der Waals surface area contributed by atoms with Crippen molar-refractivity contribution in [2.45, 2.75) is 0 Å². The van der Waals surface area contributed by atoms with E-state index in [1.165, 1.54) is 0 Å². The van der Waals surface area contributed by atoms with Crippen LogP contribution in [-0.2, 0) is 19.2 Å². The van der Waals surface area contributed by atoms with Crippen molar-refractivity contribution in [2.24, 2.45) is 0 Å². The van der Waals surface area contributed by atoms with Gasteiger partial charge in [0.05, 0.1) is 23.9 Å². The first-order chi connectivity index (χ1) is 7.25. The number of hydrogen-bond acceptors (Lipinski definition) is 8. The third-order valence-corrected chi connectivity index (χ3v) is 0.711. The minimum Gasteiger partial charge on any atom is -0.545 e. The Hall–Kier alpha value is -0.185. The normalized spacial score (nSPS) is 8.44. The van der Waals surface area contributed by atoms with Crippen LogP contribution in [0.2, 0.25) is 0 Å². The Labute approximate surface area is 161 Å². The van der Waals surface area contributed by atoms with E-state index in [2.05, 4.69) is 0 Å². The molecule has 0 unspecified atom stereocenters. The molecule has 0 aliphatic carbocycles. The van der Waals surface area contributed by atoms with E-state index in [1.807, 2.05) is 0 Å². The predicted molar refractivity (Wildman–Crippen MR) is 44.1 cm³/mol. The third kappa shape index (κ3) is 36.0. The van der Waals surface area contributed by atoms with Gasteiger partial charge in [0.1, 0.15) is 0 Å². The van der Waals surface area contributed by atoms with Gasteiger partial charge >= 0.3 is 75.8 Å². The molecule has 0 aromatic heterocycles. The van der Waals surface area contributed by atoms with E-state index >= 15 is 0 Å². The summed E-state index contributed by atoms with van der Waals surface area (Å²) >= 11 is 0. The number of rotatable bonds is 4. The molecule has 8 nitrogen and oxygen atoms in total. The van der Waals surface area contributed by atoms with Crippen LogP contribution in [0, 0.1) is 0 Å². The van der Waals surface area contributed by atoms with Gasteiger partial charge in [0, 0.05) is 0 Å². The summed E-state index contributed by atoms with van der Waals surface area (Å²) < 4.78 is 0. The Morgan fingerprint density at radius 2 is 0.667 bits per heavy atom. The average molecular weight is 389 g/mol. The van der Waals surface area contributed by atoms with Crippen LogP contribution in [0.15, 0.2) is 24.3 Å². The Morgan fingerprint density at radius 3 is 0.722 bits per heavy atom. The van der Waals surface area contributed by atoms with E-state index in [0.717, 1.165) is 0 Å². The van der Waals surface area contributed by atoms with E-state index < -0.39 is 23.9 Å². The van der Waals surface area contributed by atoms with E-state index in [9.17, 15) is 39.6 Å². The minimum atomic E-state index is -1.55. The molecular formula is C8H4KO8Sb. The largest absolute Gasteiger partial charge is 3.00 e. The summed E-state index contributed by atoms with van der Waals surface area (Å²) in [4.78, 5) is 37.7. The molecular weight excluding hydrogens is 385 g/mol. The summed E-state index contributed by atoms with van der Waals surface area (Å²) in [5, 5.41) is 37.7. The summed E-state index contributed by atoms with van der Waals surface area (Å²) in [5.74, 6) is -6.19. The fourth-order valence-electron chi connectivity index (χ4n) is 0.272. The molecule has 90 valence electrons. The molecule has 0 aliphatic rings. The Balaban J connectivity index is -0.0000000980. The molecule has 0 amide bonds. The standard InChI is InChI=1S/2C4H4O4.K.Sb/c2*5-3(6)1-2-4(7)8;;/h2*1-2H,(H,5,6)(H,7,8);;/q;;+1;+3/p-4/b2*2-1-;;. The van der Waals surface area contributed by atoms with Crippen molar-refractivity contribution < 1.29 is 91.0 Å². The Kier molecular flexibility index (Phi) is 24.7. The zero-order valence-corrected chi connectivity index (χ0v) is 14.7. The van der Waals surface area contributed by atoms with Crippen LogP contribution >= 0.6 is 0 Å². The molecule has 0 aromatic carbocycles. The molecule has 0 fully saturated rings. The van der Waals surface area contributed by atoms with Gasteiger partial charge in [-0.05, 0) is 24.3 Å². The monoisotopic (exact) mass is 388 g/mol. The summed E-state index contributed by atoms with van der Waals surface area (Å²) in [6.07, 6.45) is 1.54. The van der Waals surface area contributed by atoms with Crippen molar-refractivity contribution >= 4 is 48.3 Å². The van der Waals surface area contributed by atoms with Gasteiger partial charge in [0.15, 0.2) is 0 Å². The van der Waals surface area contributed by atoms with Gasteiger partial charge in [0.2, 0.25) is 0 Å². The van der Waals surface area contributed by atoms with Crippen LogP contribution in [-0.4, -0.2) is 48.3 Å². The molecule has 0 heterocycles. The fraction of sp³-hybridized carbons (Fsp3) is 0. The summed E-state index contributed by atoms with van der Waals surface area (Å²) in [6.45, 7) is 0. The summed E-state index contributed by atoms with van der Waals surface area (Å²) in [7, 11) is 0. The van der Waals surface area contributed by atoms with Crippen LogP contribution in [0.1, 0.15) is 0 Å². The molecule has 18 heavy (non-hydrogen) atoms. The van der Waals surface area contributed by atoms with Crippen molar-refractivity contribution in [1.82, 2.24) is 0 Å². The zero-order valence-electron chi connectivity index (χ0n) is 9.02. The van der Waals surface area contributed by atoms with Gasteiger partial charge in [0.25, 0.3) is 0 Å².